The Hall–Kier alpha value is -0.790. The summed E-state index contributed by atoms with van der Waals surface area (Å²) in [5.74, 6) is 0. The minimum absolute atomic E-state index is 0. The van der Waals surface area contributed by atoms with Crippen molar-refractivity contribution in [3.05, 3.63) is 48.0 Å². The summed E-state index contributed by atoms with van der Waals surface area (Å²) in [5, 5.41) is 2.45. The Labute approximate surface area is 175 Å². The van der Waals surface area contributed by atoms with E-state index in [4.69, 9.17) is 0 Å². The van der Waals surface area contributed by atoms with Crippen LogP contribution in [0.4, 0.5) is 0 Å². The number of rotatable bonds is 18. The molecule has 2 heteroatoms. The highest BCUT2D eigenvalue weighted by molar-refractivity contribution is 5.12. The molecule has 1 nitrogen and oxygen atoms in total. The summed E-state index contributed by atoms with van der Waals surface area (Å²) in [4.78, 5) is 0. The van der Waals surface area contributed by atoms with Gasteiger partial charge in [-0.05, 0) is 38.5 Å². The van der Waals surface area contributed by atoms with Crippen molar-refractivity contribution >= 4 is 0 Å². The molecule has 0 aliphatic carbocycles. The predicted octanol–water partition coefficient (Wildman–Crippen LogP) is 3.79. The Morgan fingerprint density at radius 1 is 0.667 bits per heavy atom. The van der Waals surface area contributed by atoms with Crippen molar-refractivity contribution in [2.24, 2.45) is 0 Å². The number of hydrogen-bond donors (Lipinski definition) is 1. The lowest BCUT2D eigenvalue weighted by molar-refractivity contribution is -0.671. The second-order valence-corrected chi connectivity index (χ2v) is 7.70. The van der Waals surface area contributed by atoms with Crippen molar-refractivity contribution in [3.63, 3.8) is 0 Å². The Bertz CT molecular complexity index is 416. The van der Waals surface area contributed by atoms with Crippen LogP contribution in [-0.2, 0) is 6.54 Å². The monoisotopic (exact) mass is 393 g/mol. The lowest BCUT2D eigenvalue weighted by Crippen LogP contribution is -3.00. The van der Waals surface area contributed by atoms with Crippen LogP contribution in [0.3, 0.4) is 0 Å². The largest absolute Gasteiger partial charge is 1.00 e. The van der Waals surface area contributed by atoms with Crippen LogP contribution in [0.15, 0.2) is 42.5 Å². The molecule has 0 fully saturated rings. The van der Waals surface area contributed by atoms with Crippen LogP contribution in [0.1, 0.15) is 102 Å². The van der Waals surface area contributed by atoms with Crippen LogP contribution in [-0.4, -0.2) is 6.54 Å². The van der Waals surface area contributed by atoms with Crippen molar-refractivity contribution in [2.75, 3.05) is 6.54 Å². The summed E-state index contributed by atoms with van der Waals surface area (Å²) < 4.78 is 0. The number of unbranched alkanes of at least 4 members (excludes halogenated alkanes) is 12. The van der Waals surface area contributed by atoms with Gasteiger partial charge in [0.15, 0.2) is 0 Å². The van der Waals surface area contributed by atoms with Crippen molar-refractivity contribution in [2.45, 2.75) is 103 Å². The maximum Gasteiger partial charge on any atom is 0.101 e. The molecular weight excluding hydrogens is 350 g/mol. The summed E-state index contributed by atoms with van der Waals surface area (Å²) in [6.45, 7) is 4.69. The van der Waals surface area contributed by atoms with Crippen LogP contribution in [0, 0.1) is 0 Å². The number of quaternary nitrogens is 1. The van der Waals surface area contributed by atoms with E-state index in [0.717, 1.165) is 6.54 Å². The van der Waals surface area contributed by atoms with Crippen LogP contribution >= 0.6 is 0 Å². The highest BCUT2D eigenvalue weighted by Gasteiger charge is 1.95. The van der Waals surface area contributed by atoms with Gasteiger partial charge in [-0.2, -0.15) is 0 Å². The molecule has 1 rings (SSSR count). The van der Waals surface area contributed by atoms with Crippen molar-refractivity contribution < 1.29 is 17.7 Å². The van der Waals surface area contributed by atoms with Crippen LogP contribution in [0.25, 0.3) is 0 Å². The van der Waals surface area contributed by atoms with Gasteiger partial charge in [0.2, 0.25) is 0 Å². The molecule has 2 N–H and O–H groups in total. The third-order valence-corrected chi connectivity index (χ3v) is 5.14. The van der Waals surface area contributed by atoms with Crippen molar-refractivity contribution in [3.8, 4) is 0 Å². The first-order valence-corrected chi connectivity index (χ1v) is 11.4. The first-order chi connectivity index (χ1) is 12.9. The fraction of sp³-hybridized carbons (Fsp3) is 0.680. The number of allylic oxidation sites excluding steroid dienone is 2. The van der Waals surface area contributed by atoms with Crippen LogP contribution < -0.4 is 17.7 Å². The van der Waals surface area contributed by atoms with Gasteiger partial charge in [-0.3, -0.25) is 0 Å². The number of benzene rings is 1. The minimum atomic E-state index is 0. The molecule has 0 spiro atoms. The average molecular weight is 394 g/mol. The van der Waals surface area contributed by atoms with E-state index in [-0.39, 0.29) is 12.4 Å². The Morgan fingerprint density at radius 2 is 1.19 bits per heavy atom. The average Bonchev–Trinajstić information content (AvgIpc) is 2.68. The van der Waals surface area contributed by atoms with Gasteiger partial charge in [-0.15, -0.1) is 0 Å². The van der Waals surface area contributed by atoms with Crippen LogP contribution in [0.2, 0.25) is 0 Å². The summed E-state index contributed by atoms with van der Waals surface area (Å²) in [6, 6.07) is 10.8. The maximum absolute atomic E-state index is 2.45. The van der Waals surface area contributed by atoms with Gasteiger partial charge in [0.1, 0.15) is 6.54 Å². The predicted molar refractivity (Wildman–Crippen MR) is 116 cm³/mol. The molecule has 0 atom stereocenters. The number of nitrogens with two attached hydrogens (primary N) is 1. The fourth-order valence-corrected chi connectivity index (χ4v) is 3.42. The molecule has 0 heterocycles. The third kappa shape index (κ3) is 18.3. The Kier molecular flexibility index (Phi) is 20.9. The molecule has 0 aliphatic rings. The molecular formula is C25H44ClN. The molecule has 27 heavy (non-hydrogen) atoms. The molecule has 0 radical (unpaired) electrons. The van der Waals surface area contributed by atoms with Gasteiger partial charge >= 0.3 is 0 Å². The van der Waals surface area contributed by atoms with Crippen LogP contribution in [0.5, 0.6) is 0 Å². The molecule has 0 aromatic heterocycles. The molecule has 156 valence electrons. The minimum Gasteiger partial charge on any atom is -1.00 e. The zero-order chi connectivity index (χ0) is 18.5. The number of hydrogen-bond acceptors (Lipinski definition) is 0. The van der Waals surface area contributed by atoms with Gasteiger partial charge < -0.3 is 17.7 Å². The quantitative estimate of drug-likeness (QED) is 0.288. The summed E-state index contributed by atoms with van der Waals surface area (Å²) in [7, 11) is 0. The molecule has 0 saturated heterocycles. The molecule has 0 bridgehead atoms. The van der Waals surface area contributed by atoms with Gasteiger partial charge in [0.05, 0.1) is 6.54 Å². The number of halogens is 1. The molecule has 0 amide bonds. The maximum atomic E-state index is 2.45. The normalized spacial score (nSPS) is 11.0. The van der Waals surface area contributed by atoms with E-state index in [0.29, 0.717) is 0 Å². The summed E-state index contributed by atoms with van der Waals surface area (Å²) in [6.07, 6.45) is 24.3. The van der Waals surface area contributed by atoms with E-state index >= 15 is 0 Å². The van der Waals surface area contributed by atoms with Gasteiger partial charge in [-0.25, -0.2) is 0 Å². The zero-order valence-corrected chi connectivity index (χ0v) is 18.6. The highest BCUT2D eigenvalue weighted by atomic mass is 35.5. The molecule has 0 aliphatic heterocycles. The van der Waals surface area contributed by atoms with Gasteiger partial charge in [0, 0.05) is 5.56 Å². The smallest absolute Gasteiger partial charge is 0.101 e. The summed E-state index contributed by atoms with van der Waals surface area (Å²) in [5.41, 5.74) is 1.44. The molecule has 0 unspecified atom stereocenters. The third-order valence-electron chi connectivity index (χ3n) is 5.14. The standard InChI is InChI=1S/C25H43N.ClH/c1-2-3-4-5-6-7-8-9-10-11-12-13-14-15-16-20-23-26-24-25-21-18-17-19-22-25;/h9-10,17-19,21-22,26H,2-8,11-16,20,23-24H2,1H3;1H/b10-9-;. The van der Waals surface area contributed by atoms with Crippen molar-refractivity contribution in [1.29, 1.82) is 0 Å². The second-order valence-electron chi connectivity index (χ2n) is 7.70. The topological polar surface area (TPSA) is 16.6 Å². The van der Waals surface area contributed by atoms with Crippen molar-refractivity contribution in [1.82, 2.24) is 0 Å². The zero-order valence-electron chi connectivity index (χ0n) is 17.8. The van der Waals surface area contributed by atoms with E-state index in [1.54, 1.807) is 0 Å². The SMILES string of the molecule is CCCCCCCC/C=C\CCCCCCCC[NH2+]Cc1ccccc1.[Cl-]. The first kappa shape index (κ1) is 26.2. The summed E-state index contributed by atoms with van der Waals surface area (Å²) >= 11 is 0. The molecule has 0 saturated carbocycles. The lowest BCUT2D eigenvalue weighted by atomic mass is 10.1. The Balaban J connectivity index is 0.00000676. The van der Waals surface area contributed by atoms with E-state index in [9.17, 15) is 0 Å². The molecule has 1 aromatic carbocycles. The fourth-order valence-electron chi connectivity index (χ4n) is 3.42. The van der Waals surface area contributed by atoms with E-state index in [1.807, 2.05) is 0 Å². The van der Waals surface area contributed by atoms with E-state index in [1.165, 1.54) is 102 Å². The molecule has 1 aromatic rings. The first-order valence-electron chi connectivity index (χ1n) is 11.4. The second kappa shape index (κ2) is 21.5. The Morgan fingerprint density at radius 3 is 1.78 bits per heavy atom. The van der Waals surface area contributed by atoms with Gasteiger partial charge in [-0.1, -0.05) is 101 Å². The van der Waals surface area contributed by atoms with E-state index in [2.05, 4.69) is 54.7 Å². The highest BCUT2D eigenvalue weighted by Crippen LogP contribution is 2.09. The van der Waals surface area contributed by atoms with E-state index < -0.39 is 0 Å². The van der Waals surface area contributed by atoms with Gasteiger partial charge in [0.25, 0.3) is 0 Å². The lowest BCUT2D eigenvalue weighted by Gasteiger charge is -2.02.